The van der Waals surface area contributed by atoms with Crippen LogP contribution in [-0.2, 0) is 0 Å². The zero-order valence-corrected chi connectivity index (χ0v) is 8.71. The van der Waals surface area contributed by atoms with Gasteiger partial charge in [-0.05, 0) is 24.2 Å². The SMILES string of the molecule is CC(C)C1C2CC2CN1I. The lowest BCUT2D eigenvalue weighted by Crippen LogP contribution is -2.28. The first-order chi connectivity index (χ1) is 4.70. The first kappa shape index (κ1) is 7.35. The van der Waals surface area contributed by atoms with E-state index >= 15 is 0 Å². The fourth-order valence-corrected chi connectivity index (χ4v) is 3.83. The van der Waals surface area contributed by atoms with E-state index in [-0.39, 0.29) is 0 Å². The summed E-state index contributed by atoms with van der Waals surface area (Å²) in [5.74, 6) is 3.00. The van der Waals surface area contributed by atoms with Crippen molar-refractivity contribution in [3.05, 3.63) is 0 Å². The van der Waals surface area contributed by atoms with Gasteiger partial charge in [-0.3, -0.25) is 0 Å². The van der Waals surface area contributed by atoms with Crippen LogP contribution in [-0.4, -0.2) is 15.7 Å². The molecule has 0 amide bonds. The molecule has 0 bridgehead atoms. The van der Waals surface area contributed by atoms with Crippen molar-refractivity contribution in [2.24, 2.45) is 17.8 Å². The van der Waals surface area contributed by atoms with Crippen LogP contribution in [0.4, 0.5) is 0 Å². The summed E-state index contributed by atoms with van der Waals surface area (Å²) in [6, 6.07) is 0.894. The molecule has 1 saturated carbocycles. The van der Waals surface area contributed by atoms with Crippen molar-refractivity contribution in [1.29, 1.82) is 0 Å². The molecule has 1 saturated heterocycles. The monoisotopic (exact) mass is 251 g/mol. The lowest BCUT2D eigenvalue weighted by Gasteiger charge is -2.23. The minimum absolute atomic E-state index is 0.856. The molecule has 2 fully saturated rings. The molecule has 1 aliphatic heterocycles. The second kappa shape index (κ2) is 2.34. The molecule has 0 aromatic heterocycles. The summed E-state index contributed by atoms with van der Waals surface area (Å²) in [4.78, 5) is 0. The largest absolute Gasteiger partial charge is 0.244 e. The van der Waals surface area contributed by atoms with Crippen LogP contribution in [0.25, 0.3) is 0 Å². The van der Waals surface area contributed by atoms with E-state index < -0.39 is 0 Å². The predicted molar refractivity (Wildman–Crippen MR) is 50.9 cm³/mol. The number of piperidine rings is 1. The molecule has 1 nitrogen and oxygen atoms in total. The second-order valence-corrected chi connectivity index (χ2v) is 5.22. The van der Waals surface area contributed by atoms with Gasteiger partial charge >= 0.3 is 0 Å². The third kappa shape index (κ3) is 0.998. The number of hydrogen-bond acceptors (Lipinski definition) is 1. The quantitative estimate of drug-likeness (QED) is 0.510. The molecule has 0 aromatic rings. The standard InChI is InChI=1S/C8H14IN/c1-5(2)8-7-3-6(7)4-10(8)9/h5-8H,3-4H2,1-2H3. The van der Waals surface area contributed by atoms with Crippen molar-refractivity contribution in [3.63, 3.8) is 0 Å². The van der Waals surface area contributed by atoms with Gasteiger partial charge in [0.15, 0.2) is 0 Å². The fraction of sp³-hybridized carbons (Fsp3) is 1.00. The van der Waals surface area contributed by atoms with Crippen LogP contribution in [0.1, 0.15) is 20.3 Å². The van der Waals surface area contributed by atoms with Gasteiger partial charge in [0.1, 0.15) is 0 Å². The fourth-order valence-electron chi connectivity index (χ4n) is 2.27. The lowest BCUT2D eigenvalue weighted by molar-refractivity contribution is 0.321. The van der Waals surface area contributed by atoms with Crippen LogP contribution in [0.15, 0.2) is 0 Å². The summed E-state index contributed by atoms with van der Waals surface area (Å²) < 4.78 is 2.52. The van der Waals surface area contributed by atoms with Crippen molar-refractivity contribution < 1.29 is 0 Å². The van der Waals surface area contributed by atoms with Crippen molar-refractivity contribution >= 4 is 22.9 Å². The third-order valence-electron chi connectivity index (χ3n) is 2.83. The van der Waals surface area contributed by atoms with E-state index in [2.05, 4.69) is 39.8 Å². The maximum atomic E-state index is 2.52. The van der Waals surface area contributed by atoms with Crippen molar-refractivity contribution in [2.75, 3.05) is 6.54 Å². The number of hydrogen-bond donors (Lipinski definition) is 0. The van der Waals surface area contributed by atoms with Gasteiger partial charge in [-0.1, -0.05) is 13.8 Å². The van der Waals surface area contributed by atoms with E-state index in [1.807, 2.05) is 0 Å². The van der Waals surface area contributed by atoms with E-state index in [9.17, 15) is 0 Å². The molecule has 3 atom stereocenters. The zero-order valence-electron chi connectivity index (χ0n) is 6.55. The molecular weight excluding hydrogens is 237 g/mol. The predicted octanol–water partition coefficient (Wildman–Crippen LogP) is 2.31. The smallest absolute Gasteiger partial charge is 0.0248 e. The average Bonchev–Trinajstić information content (AvgIpc) is 2.42. The minimum Gasteiger partial charge on any atom is -0.244 e. The highest BCUT2D eigenvalue weighted by Gasteiger charge is 2.52. The molecule has 0 aromatic carbocycles. The molecule has 10 heavy (non-hydrogen) atoms. The average molecular weight is 251 g/mol. The first-order valence-corrected chi connectivity index (χ1v) is 5.09. The van der Waals surface area contributed by atoms with Gasteiger partial charge in [0.2, 0.25) is 0 Å². The minimum atomic E-state index is 0.856. The maximum Gasteiger partial charge on any atom is 0.0248 e. The Balaban J connectivity index is 2.05. The summed E-state index contributed by atoms with van der Waals surface area (Å²) in [6.45, 7) is 6.04. The summed E-state index contributed by atoms with van der Waals surface area (Å²) in [5, 5.41) is 0. The zero-order chi connectivity index (χ0) is 7.30. The molecule has 0 spiro atoms. The highest BCUT2D eigenvalue weighted by Crippen LogP contribution is 2.52. The highest BCUT2D eigenvalue weighted by molar-refractivity contribution is 14.1. The Morgan fingerprint density at radius 1 is 1.50 bits per heavy atom. The summed E-state index contributed by atoms with van der Waals surface area (Å²) in [5.41, 5.74) is 0. The molecule has 3 unspecified atom stereocenters. The van der Waals surface area contributed by atoms with Gasteiger partial charge in [0, 0.05) is 35.5 Å². The van der Waals surface area contributed by atoms with Gasteiger partial charge in [0.05, 0.1) is 0 Å². The molecule has 2 rings (SSSR count). The van der Waals surface area contributed by atoms with Crippen LogP contribution in [0.3, 0.4) is 0 Å². The van der Waals surface area contributed by atoms with Crippen LogP contribution in [0.2, 0.25) is 0 Å². The van der Waals surface area contributed by atoms with E-state index in [0.29, 0.717) is 0 Å². The topological polar surface area (TPSA) is 3.24 Å². The Hall–Kier alpha value is 0.690. The van der Waals surface area contributed by atoms with E-state index in [1.54, 1.807) is 0 Å². The number of fused-ring (bicyclic) bond motifs is 1. The van der Waals surface area contributed by atoms with Crippen LogP contribution < -0.4 is 0 Å². The van der Waals surface area contributed by atoms with Crippen LogP contribution in [0.5, 0.6) is 0 Å². The lowest BCUT2D eigenvalue weighted by atomic mass is 10.0. The molecule has 1 aliphatic carbocycles. The van der Waals surface area contributed by atoms with Gasteiger partial charge in [-0.25, -0.2) is 3.11 Å². The summed E-state index contributed by atoms with van der Waals surface area (Å²) in [7, 11) is 0. The van der Waals surface area contributed by atoms with E-state index in [1.165, 1.54) is 13.0 Å². The highest BCUT2D eigenvalue weighted by atomic mass is 127. The number of rotatable bonds is 1. The van der Waals surface area contributed by atoms with Crippen molar-refractivity contribution in [3.8, 4) is 0 Å². The Kier molecular flexibility index (Phi) is 1.72. The van der Waals surface area contributed by atoms with Gasteiger partial charge in [-0.15, -0.1) is 0 Å². The number of nitrogens with zero attached hydrogens (tertiary/aromatic N) is 1. The van der Waals surface area contributed by atoms with E-state index in [0.717, 1.165) is 23.8 Å². The van der Waals surface area contributed by atoms with Crippen molar-refractivity contribution in [1.82, 2.24) is 3.11 Å². The molecular formula is C8H14IN. The van der Waals surface area contributed by atoms with Gasteiger partial charge < -0.3 is 0 Å². The Morgan fingerprint density at radius 2 is 2.20 bits per heavy atom. The summed E-state index contributed by atoms with van der Waals surface area (Å²) >= 11 is 2.49. The number of halogens is 1. The normalized spacial score (nSPS) is 46.2. The Morgan fingerprint density at radius 3 is 2.50 bits per heavy atom. The first-order valence-electron chi connectivity index (χ1n) is 4.12. The maximum absolute atomic E-state index is 2.52. The second-order valence-electron chi connectivity index (χ2n) is 3.98. The van der Waals surface area contributed by atoms with Crippen molar-refractivity contribution in [2.45, 2.75) is 26.3 Å². The van der Waals surface area contributed by atoms with Gasteiger partial charge in [0.25, 0.3) is 0 Å². The molecule has 1 heterocycles. The summed E-state index contributed by atoms with van der Waals surface area (Å²) in [6.07, 6.45) is 1.52. The Labute approximate surface area is 76.7 Å². The molecule has 58 valence electrons. The molecule has 2 aliphatic rings. The van der Waals surface area contributed by atoms with Crippen LogP contribution >= 0.6 is 22.9 Å². The molecule has 2 heteroatoms. The van der Waals surface area contributed by atoms with Crippen LogP contribution in [0, 0.1) is 17.8 Å². The molecule has 0 radical (unpaired) electrons. The third-order valence-corrected chi connectivity index (χ3v) is 3.87. The Bertz CT molecular complexity index is 144. The van der Waals surface area contributed by atoms with Gasteiger partial charge in [-0.2, -0.15) is 0 Å². The molecule has 0 N–H and O–H groups in total. The van der Waals surface area contributed by atoms with E-state index in [4.69, 9.17) is 0 Å².